The van der Waals surface area contributed by atoms with Crippen LogP contribution in [0.5, 0.6) is 0 Å². The summed E-state index contributed by atoms with van der Waals surface area (Å²) < 4.78 is 32.6. The fourth-order valence-electron chi connectivity index (χ4n) is 4.78. The van der Waals surface area contributed by atoms with Gasteiger partial charge in [0.1, 0.15) is 0 Å². The van der Waals surface area contributed by atoms with Crippen LogP contribution in [0, 0.1) is 6.92 Å². The van der Waals surface area contributed by atoms with Crippen molar-refractivity contribution in [1.29, 1.82) is 0 Å². The Balaban J connectivity index is 1.37. The van der Waals surface area contributed by atoms with Gasteiger partial charge >= 0.3 is 6.03 Å². The largest absolute Gasteiger partial charge is 0.375 e. The minimum atomic E-state index is -3.22. The van der Waals surface area contributed by atoms with Gasteiger partial charge in [0.2, 0.25) is 10.0 Å². The van der Waals surface area contributed by atoms with Crippen LogP contribution >= 0.6 is 0 Å². The van der Waals surface area contributed by atoms with Crippen LogP contribution in [0.25, 0.3) is 0 Å². The van der Waals surface area contributed by atoms with Crippen molar-refractivity contribution < 1.29 is 17.9 Å². The predicted molar refractivity (Wildman–Crippen MR) is 112 cm³/mol. The molecule has 7 nitrogen and oxygen atoms in total. The lowest BCUT2D eigenvalue weighted by molar-refractivity contribution is -0.122. The average Bonchev–Trinajstić information content (AvgIpc) is 3.46. The van der Waals surface area contributed by atoms with E-state index in [0.29, 0.717) is 19.7 Å². The monoisotopic (exact) mass is 421 g/mol. The zero-order chi connectivity index (χ0) is 20.6. The molecule has 0 radical (unpaired) electrons. The predicted octanol–water partition coefficient (Wildman–Crippen LogP) is 2.96. The molecule has 1 N–H and O–H groups in total. The highest BCUT2D eigenvalue weighted by molar-refractivity contribution is 7.88. The van der Waals surface area contributed by atoms with Crippen LogP contribution in [0.3, 0.4) is 0 Å². The summed E-state index contributed by atoms with van der Waals surface area (Å²) in [5.41, 5.74) is 1.59. The SMILES string of the molecule is Cc1cccc(NC(=O)N2CCC3(CC2)CC(N(C2CC2)S(C)(=O)=O)CCO3)c1. The van der Waals surface area contributed by atoms with E-state index < -0.39 is 10.0 Å². The number of nitrogens with one attached hydrogen (secondary N) is 1. The Morgan fingerprint density at radius 2 is 1.93 bits per heavy atom. The number of rotatable bonds is 4. The first kappa shape index (κ1) is 20.6. The molecule has 2 saturated heterocycles. The van der Waals surface area contributed by atoms with E-state index in [-0.39, 0.29) is 23.7 Å². The number of anilines is 1. The highest BCUT2D eigenvalue weighted by atomic mass is 32.2. The van der Waals surface area contributed by atoms with Crippen LogP contribution < -0.4 is 5.32 Å². The highest BCUT2D eigenvalue weighted by Gasteiger charge is 2.47. The lowest BCUT2D eigenvalue weighted by Gasteiger charge is -2.48. The number of hydrogen-bond acceptors (Lipinski definition) is 4. The molecule has 1 atom stereocenters. The molecule has 1 spiro atoms. The van der Waals surface area contributed by atoms with E-state index in [1.807, 2.05) is 36.1 Å². The summed E-state index contributed by atoms with van der Waals surface area (Å²) in [6.45, 7) is 3.82. The smallest absolute Gasteiger partial charge is 0.321 e. The molecule has 1 unspecified atom stereocenters. The maximum Gasteiger partial charge on any atom is 0.321 e. The van der Waals surface area contributed by atoms with Gasteiger partial charge in [0.15, 0.2) is 0 Å². The number of piperidine rings is 1. The van der Waals surface area contributed by atoms with E-state index in [4.69, 9.17) is 4.74 Å². The van der Waals surface area contributed by atoms with E-state index in [2.05, 4.69) is 5.32 Å². The minimum absolute atomic E-state index is 0.0129. The molecule has 4 rings (SSSR count). The molecule has 1 aliphatic carbocycles. The summed E-state index contributed by atoms with van der Waals surface area (Å²) >= 11 is 0. The first-order valence-electron chi connectivity index (χ1n) is 10.5. The van der Waals surface area contributed by atoms with Gasteiger partial charge in [-0.3, -0.25) is 0 Å². The van der Waals surface area contributed by atoms with Crippen LogP contribution in [0.15, 0.2) is 24.3 Å². The van der Waals surface area contributed by atoms with E-state index in [9.17, 15) is 13.2 Å². The number of likely N-dealkylation sites (tertiary alicyclic amines) is 1. The topological polar surface area (TPSA) is 79.0 Å². The molecule has 29 heavy (non-hydrogen) atoms. The Bertz CT molecular complexity index is 860. The lowest BCUT2D eigenvalue weighted by Crippen LogP contribution is -2.56. The number of nitrogens with zero attached hydrogens (tertiary/aromatic N) is 2. The van der Waals surface area contributed by atoms with E-state index in [0.717, 1.165) is 49.8 Å². The quantitative estimate of drug-likeness (QED) is 0.811. The summed E-state index contributed by atoms with van der Waals surface area (Å²) in [5, 5.41) is 2.97. The van der Waals surface area contributed by atoms with E-state index in [1.165, 1.54) is 6.26 Å². The van der Waals surface area contributed by atoms with Gasteiger partial charge < -0.3 is 15.0 Å². The fourth-order valence-corrected chi connectivity index (χ4v) is 6.25. The van der Waals surface area contributed by atoms with Crippen LogP contribution in [-0.4, -0.2) is 67.3 Å². The molecule has 0 aromatic heterocycles. The number of hydrogen-bond donors (Lipinski definition) is 1. The summed E-state index contributed by atoms with van der Waals surface area (Å²) in [5.74, 6) is 0. The third-order valence-corrected chi connectivity index (χ3v) is 7.71. The van der Waals surface area contributed by atoms with Gasteiger partial charge in [-0.2, -0.15) is 4.31 Å². The van der Waals surface area contributed by atoms with Crippen LogP contribution in [0.4, 0.5) is 10.5 Å². The fraction of sp³-hybridized carbons (Fsp3) is 0.667. The molecule has 0 bridgehead atoms. The van der Waals surface area contributed by atoms with Crippen molar-refractivity contribution >= 4 is 21.7 Å². The second-order valence-electron chi connectivity index (χ2n) is 8.79. The summed E-state index contributed by atoms with van der Waals surface area (Å²) in [6.07, 6.45) is 6.22. The Morgan fingerprint density at radius 1 is 1.21 bits per heavy atom. The van der Waals surface area contributed by atoms with Crippen LogP contribution in [0.1, 0.15) is 44.1 Å². The van der Waals surface area contributed by atoms with Gasteiger partial charge in [-0.05, 0) is 63.1 Å². The van der Waals surface area contributed by atoms with Crippen molar-refractivity contribution in [2.45, 2.75) is 63.1 Å². The molecule has 8 heteroatoms. The van der Waals surface area contributed by atoms with Gasteiger partial charge in [-0.25, -0.2) is 13.2 Å². The number of sulfonamides is 1. The maximum absolute atomic E-state index is 12.6. The Hall–Kier alpha value is -1.64. The molecular formula is C21H31N3O4S. The maximum atomic E-state index is 12.6. The molecule has 3 aliphatic rings. The van der Waals surface area contributed by atoms with Gasteiger partial charge in [-0.15, -0.1) is 0 Å². The van der Waals surface area contributed by atoms with Crippen molar-refractivity contribution in [3.63, 3.8) is 0 Å². The average molecular weight is 422 g/mol. The molecule has 2 aliphatic heterocycles. The van der Waals surface area contributed by atoms with Crippen molar-refractivity contribution in [2.24, 2.45) is 0 Å². The molecule has 3 fully saturated rings. The zero-order valence-corrected chi connectivity index (χ0v) is 18.1. The Morgan fingerprint density at radius 3 is 2.55 bits per heavy atom. The molecular weight excluding hydrogens is 390 g/mol. The Kier molecular flexibility index (Phi) is 5.61. The number of benzene rings is 1. The van der Waals surface area contributed by atoms with Crippen molar-refractivity contribution in [3.8, 4) is 0 Å². The van der Waals surface area contributed by atoms with Gasteiger partial charge in [-0.1, -0.05) is 12.1 Å². The highest BCUT2D eigenvalue weighted by Crippen LogP contribution is 2.41. The number of carbonyl (C=O) groups excluding carboxylic acids is 1. The normalized spacial score (nSPS) is 24.7. The van der Waals surface area contributed by atoms with Gasteiger partial charge in [0.05, 0.1) is 11.9 Å². The zero-order valence-electron chi connectivity index (χ0n) is 17.3. The van der Waals surface area contributed by atoms with Crippen LogP contribution in [-0.2, 0) is 14.8 Å². The van der Waals surface area contributed by atoms with Crippen molar-refractivity contribution in [3.05, 3.63) is 29.8 Å². The summed E-state index contributed by atoms with van der Waals surface area (Å²) in [4.78, 5) is 14.5. The molecule has 1 saturated carbocycles. The Labute approximate surface area is 173 Å². The van der Waals surface area contributed by atoms with Crippen molar-refractivity contribution in [1.82, 2.24) is 9.21 Å². The summed E-state index contributed by atoms with van der Waals surface area (Å²) in [7, 11) is -3.22. The third-order valence-electron chi connectivity index (χ3n) is 6.35. The first-order valence-corrected chi connectivity index (χ1v) is 12.4. The van der Waals surface area contributed by atoms with Crippen LogP contribution in [0.2, 0.25) is 0 Å². The van der Waals surface area contributed by atoms with E-state index >= 15 is 0 Å². The first-order chi connectivity index (χ1) is 13.8. The number of aryl methyl sites for hydroxylation is 1. The van der Waals surface area contributed by atoms with Gasteiger partial charge in [0, 0.05) is 37.5 Å². The minimum Gasteiger partial charge on any atom is -0.375 e. The molecule has 2 amide bonds. The van der Waals surface area contributed by atoms with Crippen molar-refractivity contribution in [2.75, 3.05) is 31.3 Å². The van der Waals surface area contributed by atoms with E-state index in [1.54, 1.807) is 4.31 Å². The number of ether oxygens (including phenoxy) is 1. The molecule has 160 valence electrons. The lowest BCUT2D eigenvalue weighted by atomic mass is 9.82. The van der Waals surface area contributed by atoms with Gasteiger partial charge in [0.25, 0.3) is 0 Å². The number of urea groups is 1. The molecule has 1 aromatic rings. The summed E-state index contributed by atoms with van der Waals surface area (Å²) in [6, 6.07) is 7.87. The second kappa shape index (κ2) is 7.89. The molecule has 1 aromatic carbocycles. The number of carbonyl (C=O) groups is 1. The standard InChI is InChI=1S/C21H31N3O4S/c1-16-4-3-5-17(14-16)22-20(25)23-11-9-21(10-12-23)15-19(8-13-28-21)24(18-6-7-18)29(2,26)27/h3-5,14,18-19H,6-13,15H2,1-2H3,(H,22,25). The molecule has 2 heterocycles. The second-order valence-corrected chi connectivity index (χ2v) is 10.7. The third kappa shape index (κ3) is 4.75. The number of amides is 2.